The largest absolute Gasteiger partial charge is 0.292 e. The molecule has 1 fully saturated rings. The maximum absolute atomic E-state index is 4.37. The molecule has 1 aliphatic heterocycles. The number of piperidine rings is 1. The van der Waals surface area contributed by atoms with Crippen LogP contribution in [0.3, 0.4) is 0 Å². The van der Waals surface area contributed by atoms with E-state index in [4.69, 9.17) is 0 Å². The normalized spacial score (nSPS) is 23.7. The molecular weight excluding hydrogens is 196 g/mol. The fourth-order valence-corrected chi connectivity index (χ4v) is 1.89. The molecular formula is C14H22N2. The van der Waals surface area contributed by atoms with Crippen molar-refractivity contribution < 1.29 is 0 Å². The summed E-state index contributed by atoms with van der Waals surface area (Å²) in [5.74, 6) is 0. The van der Waals surface area contributed by atoms with Gasteiger partial charge in [0.15, 0.2) is 0 Å². The third kappa shape index (κ3) is 3.17. The van der Waals surface area contributed by atoms with Crippen molar-refractivity contribution in [3.05, 3.63) is 37.1 Å². The van der Waals surface area contributed by atoms with E-state index in [1.54, 1.807) is 6.20 Å². The quantitative estimate of drug-likeness (QED) is 0.695. The molecule has 0 spiro atoms. The Morgan fingerprint density at radius 2 is 2.00 bits per heavy atom. The van der Waals surface area contributed by atoms with Crippen LogP contribution in [-0.2, 0) is 0 Å². The number of likely N-dealkylation sites (tertiary alicyclic amines) is 1. The van der Waals surface area contributed by atoms with Crippen molar-refractivity contribution in [2.75, 3.05) is 13.1 Å². The average Bonchev–Trinajstić information content (AvgIpc) is 2.19. The van der Waals surface area contributed by atoms with Crippen LogP contribution in [0.5, 0.6) is 0 Å². The third-order valence-corrected chi connectivity index (χ3v) is 2.88. The molecule has 0 bridgehead atoms. The van der Waals surface area contributed by atoms with Crippen molar-refractivity contribution in [3.63, 3.8) is 0 Å². The van der Waals surface area contributed by atoms with Gasteiger partial charge < -0.3 is 0 Å². The standard InChI is InChI=1S/C14H22N2/c1-6-8-12-9-10-16(14(3,4)5)11-13(12)15-7-2/h6-8H,1-2,9-11H2,3-5H3/b12-8-,15-13?. The van der Waals surface area contributed by atoms with Crippen molar-refractivity contribution in [1.82, 2.24) is 4.90 Å². The summed E-state index contributed by atoms with van der Waals surface area (Å²) in [6.45, 7) is 16.1. The minimum atomic E-state index is 0.196. The molecule has 0 radical (unpaired) electrons. The van der Waals surface area contributed by atoms with Gasteiger partial charge in [0.25, 0.3) is 0 Å². The van der Waals surface area contributed by atoms with Crippen LogP contribution >= 0.6 is 0 Å². The molecule has 0 unspecified atom stereocenters. The fraction of sp³-hybridized carbons (Fsp3) is 0.500. The zero-order chi connectivity index (χ0) is 12.2. The smallest absolute Gasteiger partial charge is 0.0576 e. The maximum Gasteiger partial charge on any atom is 0.0576 e. The van der Waals surface area contributed by atoms with Crippen LogP contribution in [-0.4, -0.2) is 29.2 Å². The number of hydrogen-bond acceptors (Lipinski definition) is 2. The zero-order valence-corrected chi connectivity index (χ0v) is 10.7. The molecule has 0 atom stereocenters. The molecule has 1 heterocycles. The number of aliphatic imine (C=N–C) groups is 1. The lowest BCUT2D eigenvalue weighted by Gasteiger charge is -2.39. The van der Waals surface area contributed by atoms with Gasteiger partial charge in [-0.15, -0.1) is 0 Å². The number of rotatable bonds is 2. The Morgan fingerprint density at radius 3 is 2.50 bits per heavy atom. The Labute approximate surface area is 99.1 Å². The van der Waals surface area contributed by atoms with Crippen molar-refractivity contribution in [1.29, 1.82) is 0 Å². The van der Waals surface area contributed by atoms with Crippen LogP contribution in [0.4, 0.5) is 0 Å². The van der Waals surface area contributed by atoms with E-state index >= 15 is 0 Å². The molecule has 2 heteroatoms. The van der Waals surface area contributed by atoms with Gasteiger partial charge in [-0.05, 0) is 32.8 Å². The van der Waals surface area contributed by atoms with E-state index in [9.17, 15) is 0 Å². The molecule has 1 saturated heterocycles. The number of hydrogen-bond donors (Lipinski definition) is 0. The van der Waals surface area contributed by atoms with Gasteiger partial charge in [-0.25, -0.2) is 0 Å². The number of nitrogens with zero attached hydrogens (tertiary/aromatic N) is 2. The lowest BCUT2D eigenvalue weighted by molar-refractivity contribution is 0.156. The molecule has 0 saturated carbocycles. The molecule has 0 aromatic carbocycles. The first-order chi connectivity index (χ1) is 7.49. The zero-order valence-electron chi connectivity index (χ0n) is 10.7. The molecule has 1 aliphatic rings. The van der Waals surface area contributed by atoms with Crippen molar-refractivity contribution in [3.8, 4) is 0 Å². The van der Waals surface area contributed by atoms with Gasteiger partial charge in [-0.3, -0.25) is 9.89 Å². The summed E-state index contributed by atoms with van der Waals surface area (Å²) in [4.78, 5) is 6.81. The van der Waals surface area contributed by atoms with Crippen molar-refractivity contribution >= 4 is 5.71 Å². The van der Waals surface area contributed by atoms with Crippen molar-refractivity contribution in [2.24, 2.45) is 4.99 Å². The van der Waals surface area contributed by atoms with Gasteiger partial charge in [0, 0.05) is 24.8 Å². The Balaban J connectivity index is 2.89. The monoisotopic (exact) mass is 218 g/mol. The number of allylic oxidation sites excluding steroid dienone is 2. The summed E-state index contributed by atoms with van der Waals surface area (Å²) in [6.07, 6.45) is 6.55. The molecule has 16 heavy (non-hydrogen) atoms. The van der Waals surface area contributed by atoms with E-state index in [-0.39, 0.29) is 5.54 Å². The van der Waals surface area contributed by atoms with Gasteiger partial charge in [0.05, 0.1) is 5.71 Å². The van der Waals surface area contributed by atoms with E-state index in [1.165, 1.54) is 5.57 Å². The van der Waals surface area contributed by atoms with Crippen LogP contribution in [0.2, 0.25) is 0 Å². The van der Waals surface area contributed by atoms with Crippen LogP contribution in [0.15, 0.2) is 42.1 Å². The minimum Gasteiger partial charge on any atom is -0.292 e. The first-order valence-corrected chi connectivity index (χ1v) is 5.73. The minimum absolute atomic E-state index is 0.196. The molecule has 0 amide bonds. The summed E-state index contributed by atoms with van der Waals surface area (Å²) in [5.41, 5.74) is 2.60. The Kier molecular flexibility index (Phi) is 4.25. The lowest BCUT2D eigenvalue weighted by Crippen LogP contribution is -2.48. The third-order valence-electron chi connectivity index (χ3n) is 2.88. The second-order valence-electron chi connectivity index (χ2n) is 5.03. The lowest BCUT2D eigenvalue weighted by atomic mass is 9.96. The summed E-state index contributed by atoms with van der Waals surface area (Å²) in [6, 6.07) is 0. The van der Waals surface area contributed by atoms with E-state index < -0.39 is 0 Å². The highest BCUT2D eigenvalue weighted by atomic mass is 15.2. The second kappa shape index (κ2) is 5.26. The van der Waals surface area contributed by atoms with Gasteiger partial charge in [0.1, 0.15) is 0 Å². The molecule has 1 rings (SSSR count). The van der Waals surface area contributed by atoms with E-state index in [0.717, 1.165) is 25.2 Å². The van der Waals surface area contributed by atoms with Crippen LogP contribution in [0.1, 0.15) is 27.2 Å². The van der Waals surface area contributed by atoms with Crippen LogP contribution < -0.4 is 0 Å². The predicted octanol–water partition coefficient (Wildman–Crippen LogP) is 3.19. The average molecular weight is 218 g/mol. The molecule has 88 valence electrons. The van der Waals surface area contributed by atoms with E-state index in [1.807, 2.05) is 6.08 Å². The van der Waals surface area contributed by atoms with Gasteiger partial charge in [-0.1, -0.05) is 25.3 Å². The highest BCUT2D eigenvalue weighted by Crippen LogP contribution is 2.22. The molecule has 0 aliphatic carbocycles. The molecule has 2 nitrogen and oxygen atoms in total. The molecule has 0 N–H and O–H groups in total. The van der Waals surface area contributed by atoms with E-state index in [2.05, 4.69) is 49.9 Å². The van der Waals surface area contributed by atoms with Gasteiger partial charge in [0.2, 0.25) is 0 Å². The van der Waals surface area contributed by atoms with Crippen LogP contribution in [0.25, 0.3) is 0 Å². The SMILES string of the molecule is C=C/C=C1/CCN(C(C)(C)C)CC1=NC=C. The van der Waals surface area contributed by atoms with Gasteiger partial charge in [-0.2, -0.15) is 0 Å². The molecule has 0 aromatic rings. The summed E-state index contributed by atoms with van der Waals surface area (Å²) in [7, 11) is 0. The Hall–Kier alpha value is -1.15. The fourth-order valence-electron chi connectivity index (χ4n) is 1.89. The van der Waals surface area contributed by atoms with E-state index in [0.29, 0.717) is 0 Å². The first-order valence-electron chi connectivity index (χ1n) is 5.73. The molecule has 0 aromatic heterocycles. The second-order valence-corrected chi connectivity index (χ2v) is 5.03. The van der Waals surface area contributed by atoms with Crippen LogP contribution in [0, 0.1) is 0 Å². The highest BCUT2D eigenvalue weighted by Gasteiger charge is 2.27. The topological polar surface area (TPSA) is 15.6 Å². The Morgan fingerprint density at radius 1 is 1.31 bits per heavy atom. The van der Waals surface area contributed by atoms with Crippen molar-refractivity contribution in [2.45, 2.75) is 32.7 Å². The maximum atomic E-state index is 4.37. The summed E-state index contributed by atoms with van der Waals surface area (Å²) in [5, 5.41) is 0. The highest BCUT2D eigenvalue weighted by molar-refractivity contribution is 6.03. The summed E-state index contributed by atoms with van der Waals surface area (Å²) < 4.78 is 0. The summed E-state index contributed by atoms with van der Waals surface area (Å²) >= 11 is 0. The first kappa shape index (κ1) is 12.9. The Bertz CT molecular complexity index is 329. The predicted molar refractivity (Wildman–Crippen MR) is 71.9 cm³/mol. The van der Waals surface area contributed by atoms with Gasteiger partial charge >= 0.3 is 0 Å².